The number of hydrogen-bond donors (Lipinski definition) is 2. The first-order chi connectivity index (χ1) is 14.3. The Morgan fingerprint density at radius 1 is 1.16 bits per heavy atom. The fraction of sp³-hybridized carbons (Fsp3) is 0.545. The monoisotopic (exact) mass is 430 g/mol. The number of carbonyl (C=O) groups excluding carboxylic acids is 1. The third-order valence-corrected chi connectivity index (χ3v) is 5.48. The summed E-state index contributed by atoms with van der Waals surface area (Å²) >= 11 is 0. The smallest absolute Gasteiger partial charge is 0.412 e. The van der Waals surface area contributed by atoms with Crippen LogP contribution in [0.5, 0.6) is 0 Å². The summed E-state index contributed by atoms with van der Waals surface area (Å²) in [5.41, 5.74) is -1.12. The number of nitrogens with zero attached hydrogens (tertiary/aromatic N) is 3. The van der Waals surface area contributed by atoms with Gasteiger partial charge in [0.1, 0.15) is 5.54 Å². The quantitative estimate of drug-likeness (QED) is 0.761. The molecule has 0 atom stereocenters. The highest BCUT2D eigenvalue weighted by atomic mass is 16.4. The third-order valence-electron chi connectivity index (χ3n) is 5.48. The van der Waals surface area contributed by atoms with Crippen molar-refractivity contribution in [3.63, 3.8) is 0 Å². The Morgan fingerprint density at radius 2 is 1.77 bits per heavy atom. The summed E-state index contributed by atoms with van der Waals surface area (Å²) in [5, 5.41) is 12.9. The van der Waals surface area contributed by atoms with E-state index in [9.17, 15) is 19.5 Å². The van der Waals surface area contributed by atoms with Crippen molar-refractivity contribution in [2.45, 2.75) is 65.5 Å². The Bertz CT molecular complexity index is 1080. The number of anilines is 2. The van der Waals surface area contributed by atoms with Crippen LogP contribution in [0.25, 0.3) is 10.9 Å². The van der Waals surface area contributed by atoms with Crippen LogP contribution < -0.4 is 15.8 Å². The molecule has 2 aromatic rings. The van der Waals surface area contributed by atoms with E-state index in [1.54, 1.807) is 58.6 Å². The van der Waals surface area contributed by atoms with Crippen molar-refractivity contribution < 1.29 is 19.1 Å². The first-order valence-corrected chi connectivity index (χ1v) is 10.4. The van der Waals surface area contributed by atoms with E-state index in [1.807, 2.05) is 0 Å². The van der Waals surface area contributed by atoms with Gasteiger partial charge in [0.25, 0.3) is 6.01 Å². The van der Waals surface area contributed by atoms with E-state index < -0.39 is 22.8 Å². The van der Waals surface area contributed by atoms with Crippen molar-refractivity contribution in [1.29, 1.82) is 0 Å². The average molecular weight is 431 g/mol. The zero-order chi connectivity index (χ0) is 23.1. The summed E-state index contributed by atoms with van der Waals surface area (Å²) < 4.78 is 5.39. The lowest BCUT2D eigenvalue weighted by atomic mass is 10.0. The Morgan fingerprint density at radius 3 is 2.32 bits per heavy atom. The van der Waals surface area contributed by atoms with E-state index in [-0.39, 0.29) is 17.3 Å². The zero-order valence-corrected chi connectivity index (χ0v) is 18.9. The van der Waals surface area contributed by atoms with E-state index in [1.165, 1.54) is 4.90 Å². The molecular weight excluding hydrogens is 400 g/mol. The van der Waals surface area contributed by atoms with E-state index in [2.05, 4.69) is 10.3 Å². The number of carbonyl (C=O) groups is 2. The second-order valence-electron chi connectivity index (χ2n) is 9.45. The van der Waals surface area contributed by atoms with Crippen LogP contribution in [-0.2, 0) is 4.79 Å². The predicted molar refractivity (Wildman–Crippen MR) is 119 cm³/mol. The second-order valence-corrected chi connectivity index (χ2v) is 9.45. The second kappa shape index (κ2) is 7.86. The fourth-order valence-electron chi connectivity index (χ4n) is 3.99. The van der Waals surface area contributed by atoms with Gasteiger partial charge in [0, 0.05) is 18.6 Å². The molecule has 0 saturated carbocycles. The van der Waals surface area contributed by atoms with E-state index in [0.29, 0.717) is 16.8 Å². The highest BCUT2D eigenvalue weighted by molar-refractivity contribution is 5.95. The minimum absolute atomic E-state index is 0.0480. The number of rotatable bonds is 4. The lowest BCUT2D eigenvalue weighted by Crippen LogP contribution is -2.49. The average Bonchev–Trinajstić information content (AvgIpc) is 3.15. The standard InChI is InChI=1S/C22H30N4O5/c1-13-15(26(20(29)30)21(2,3)4)10-9-14-16(13)17(27)31-19(23-14)24-22(5,6)18(28)25-11-7-8-12-25/h9-10H,7-8,11-12H2,1-6H3,(H,23,24)(H,29,30). The molecule has 1 aliphatic rings. The summed E-state index contributed by atoms with van der Waals surface area (Å²) in [6.07, 6.45) is 0.844. The van der Waals surface area contributed by atoms with Crippen molar-refractivity contribution in [2.24, 2.45) is 0 Å². The fourth-order valence-corrected chi connectivity index (χ4v) is 3.99. The third kappa shape index (κ3) is 4.35. The normalized spacial score (nSPS) is 14.7. The number of aryl methyl sites for hydroxylation is 1. The van der Waals surface area contributed by atoms with E-state index in [0.717, 1.165) is 25.9 Å². The first kappa shape index (κ1) is 22.6. The maximum absolute atomic E-state index is 12.8. The zero-order valence-electron chi connectivity index (χ0n) is 18.9. The molecule has 9 heteroatoms. The SMILES string of the molecule is Cc1c(N(C(=O)O)C(C)(C)C)ccc2nc(NC(C)(C)C(=O)N3CCCC3)oc(=O)c12. The molecule has 1 aromatic carbocycles. The van der Waals surface area contributed by atoms with Crippen molar-refractivity contribution in [1.82, 2.24) is 9.88 Å². The summed E-state index contributed by atoms with van der Waals surface area (Å²) in [6.45, 7) is 11.9. The molecule has 2 amide bonds. The molecule has 9 nitrogen and oxygen atoms in total. The van der Waals surface area contributed by atoms with Gasteiger partial charge in [0.15, 0.2) is 0 Å². The van der Waals surface area contributed by atoms with Gasteiger partial charge in [-0.2, -0.15) is 4.98 Å². The number of fused-ring (bicyclic) bond motifs is 1. The van der Waals surface area contributed by atoms with E-state index >= 15 is 0 Å². The molecule has 3 rings (SSSR count). The number of benzene rings is 1. The van der Waals surface area contributed by atoms with Crippen LogP contribution in [0.4, 0.5) is 16.5 Å². The Labute approximate surface area is 181 Å². The molecule has 1 saturated heterocycles. The summed E-state index contributed by atoms with van der Waals surface area (Å²) in [6, 6.07) is 3.18. The lowest BCUT2D eigenvalue weighted by molar-refractivity contribution is -0.133. The number of hydrogen-bond acceptors (Lipinski definition) is 6. The Hall–Kier alpha value is -3.10. The highest BCUT2D eigenvalue weighted by Gasteiger charge is 2.35. The van der Waals surface area contributed by atoms with Crippen molar-refractivity contribution >= 4 is 34.6 Å². The van der Waals surface area contributed by atoms with Gasteiger partial charge in [-0.05, 0) is 72.1 Å². The molecule has 2 heterocycles. The van der Waals surface area contributed by atoms with Gasteiger partial charge < -0.3 is 19.7 Å². The molecule has 0 radical (unpaired) electrons. The molecule has 0 aliphatic carbocycles. The van der Waals surface area contributed by atoms with Gasteiger partial charge in [-0.3, -0.25) is 9.69 Å². The molecule has 2 N–H and O–H groups in total. The largest absolute Gasteiger partial charge is 0.465 e. The van der Waals surface area contributed by atoms with Gasteiger partial charge in [-0.25, -0.2) is 9.59 Å². The van der Waals surface area contributed by atoms with Crippen LogP contribution in [0.15, 0.2) is 21.3 Å². The van der Waals surface area contributed by atoms with Gasteiger partial charge in [0.05, 0.1) is 16.6 Å². The van der Waals surface area contributed by atoms with Crippen LogP contribution >= 0.6 is 0 Å². The Kier molecular flexibility index (Phi) is 5.73. The van der Waals surface area contributed by atoms with Crippen molar-refractivity contribution in [3.8, 4) is 0 Å². The predicted octanol–water partition coefficient (Wildman–Crippen LogP) is 3.59. The van der Waals surface area contributed by atoms with Crippen LogP contribution in [0, 0.1) is 6.92 Å². The first-order valence-electron chi connectivity index (χ1n) is 10.4. The number of carboxylic acid groups (broad SMARTS) is 1. The molecule has 168 valence electrons. The van der Waals surface area contributed by atoms with Crippen molar-refractivity contribution in [3.05, 3.63) is 28.1 Å². The van der Waals surface area contributed by atoms with Crippen LogP contribution in [0.1, 0.15) is 53.0 Å². The maximum Gasteiger partial charge on any atom is 0.412 e. The molecule has 1 fully saturated rings. The Balaban J connectivity index is 2.00. The maximum atomic E-state index is 12.8. The summed E-state index contributed by atoms with van der Waals surface area (Å²) in [4.78, 5) is 44.9. The van der Waals surface area contributed by atoms with Gasteiger partial charge in [-0.15, -0.1) is 0 Å². The number of likely N-dealkylation sites (tertiary alicyclic amines) is 1. The molecule has 0 spiro atoms. The van der Waals surface area contributed by atoms with Crippen LogP contribution in [0.3, 0.4) is 0 Å². The molecule has 0 bridgehead atoms. The molecule has 1 aliphatic heterocycles. The van der Waals surface area contributed by atoms with E-state index in [4.69, 9.17) is 4.42 Å². The number of aromatic nitrogens is 1. The topological polar surface area (TPSA) is 116 Å². The molecule has 0 unspecified atom stereocenters. The van der Waals surface area contributed by atoms with Gasteiger partial charge in [-0.1, -0.05) is 0 Å². The van der Waals surface area contributed by atoms with Crippen LogP contribution in [0.2, 0.25) is 0 Å². The van der Waals surface area contributed by atoms with Crippen molar-refractivity contribution in [2.75, 3.05) is 23.3 Å². The number of nitrogens with one attached hydrogen (secondary N) is 1. The lowest BCUT2D eigenvalue weighted by Gasteiger charge is -2.34. The molecular formula is C22H30N4O5. The van der Waals surface area contributed by atoms with Gasteiger partial charge >= 0.3 is 11.7 Å². The summed E-state index contributed by atoms with van der Waals surface area (Å²) in [5.74, 6) is -0.0802. The minimum Gasteiger partial charge on any atom is -0.465 e. The summed E-state index contributed by atoms with van der Waals surface area (Å²) in [7, 11) is 0. The molecule has 31 heavy (non-hydrogen) atoms. The number of amides is 2. The highest BCUT2D eigenvalue weighted by Crippen LogP contribution is 2.31. The van der Waals surface area contributed by atoms with Gasteiger partial charge in [0.2, 0.25) is 5.91 Å². The molecule has 1 aromatic heterocycles. The van der Waals surface area contributed by atoms with Crippen LogP contribution in [-0.4, -0.2) is 51.2 Å². The minimum atomic E-state index is -1.12.